The smallest absolute Gasteiger partial charge is 0.257 e. The fourth-order valence-corrected chi connectivity index (χ4v) is 9.21. The maximum Gasteiger partial charge on any atom is 0.257 e. The molecule has 2 aliphatic heterocycles. The topological polar surface area (TPSA) is 154 Å². The van der Waals surface area contributed by atoms with Crippen LogP contribution in [0.25, 0.3) is 21.9 Å². The second-order valence-corrected chi connectivity index (χ2v) is 15.7. The van der Waals surface area contributed by atoms with Crippen molar-refractivity contribution in [2.75, 3.05) is 39.8 Å². The molecule has 2 heterocycles. The molecular formula is C41H48N4O7. The number of hydrogen-bond acceptors (Lipinski definition) is 9. The number of carbonyl (C=O) groups excluding carboxylic acids is 5. The van der Waals surface area contributed by atoms with Gasteiger partial charge < -0.3 is 30.7 Å². The largest absolute Gasteiger partial charge is 0.495 e. The first-order chi connectivity index (χ1) is 24.8. The quantitative estimate of drug-likeness (QED) is 0.192. The van der Waals surface area contributed by atoms with Crippen LogP contribution in [0.1, 0.15) is 78.0 Å². The van der Waals surface area contributed by atoms with Gasteiger partial charge in [-0.25, -0.2) is 0 Å². The second kappa shape index (κ2) is 13.5. The molecule has 0 spiro atoms. The van der Waals surface area contributed by atoms with Gasteiger partial charge in [-0.2, -0.15) is 0 Å². The van der Waals surface area contributed by atoms with Crippen molar-refractivity contribution in [3.8, 4) is 16.9 Å². The fraction of sp³-hybridized carbons (Fsp3) is 0.488. The molecule has 2 bridgehead atoms. The lowest BCUT2D eigenvalue weighted by Gasteiger charge is -2.32. The number of ether oxygens (including phenoxy) is 1. The molecule has 3 aromatic rings. The highest BCUT2D eigenvalue weighted by atomic mass is 16.5. The number of rotatable bonds is 9. The van der Waals surface area contributed by atoms with Gasteiger partial charge in [0.05, 0.1) is 36.8 Å². The van der Waals surface area contributed by atoms with Crippen LogP contribution in [0.3, 0.4) is 0 Å². The van der Waals surface area contributed by atoms with Crippen molar-refractivity contribution in [1.82, 2.24) is 20.9 Å². The Morgan fingerprint density at radius 2 is 1.71 bits per heavy atom. The van der Waals surface area contributed by atoms with Crippen molar-refractivity contribution in [1.29, 1.82) is 0 Å². The molecule has 4 unspecified atom stereocenters. The summed E-state index contributed by atoms with van der Waals surface area (Å²) in [5, 5.41) is 20.9. The van der Waals surface area contributed by atoms with Crippen LogP contribution in [-0.4, -0.2) is 97.2 Å². The zero-order chi connectivity index (χ0) is 37.1. The number of β-amino-alcohol motifs (C(OH)–C–C–N with tert-alkyl or cyclic N) is 1. The number of carbonyl (C=O) groups is 5. The maximum absolute atomic E-state index is 15.2. The van der Waals surface area contributed by atoms with E-state index in [0.717, 1.165) is 10.8 Å². The first-order valence-electron chi connectivity index (χ1n) is 18.4. The molecule has 274 valence electrons. The lowest BCUT2D eigenvalue weighted by Crippen LogP contribution is -2.47. The molecule has 2 aliphatic carbocycles. The fourth-order valence-electron chi connectivity index (χ4n) is 9.21. The number of piperazine rings is 1. The van der Waals surface area contributed by atoms with Gasteiger partial charge in [0, 0.05) is 54.8 Å². The summed E-state index contributed by atoms with van der Waals surface area (Å²) < 4.78 is 6.06. The molecule has 0 radical (unpaired) electrons. The van der Waals surface area contributed by atoms with Crippen molar-refractivity contribution >= 4 is 39.9 Å². The minimum Gasteiger partial charge on any atom is -0.495 e. The monoisotopic (exact) mass is 708 g/mol. The molecule has 2 amide bonds. The first kappa shape index (κ1) is 35.9. The molecule has 4 aliphatic rings. The number of methoxy groups -OCH3 is 1. The lowest BCUT2D eigenvalue weighted by atomic mass is 9.70. The van der Waals surface area contributed by atoms with E-state index < -0.39 is 52.4 Å². The number of Topliss-reactive ketones (excluding diaryl/α,β-unsaturated/α-hetero) is 3. The molecule has 2 saturated carbocycles. The van der Waals surface area contributed by atoms with Gasteiger partial charge in [0.25, 0.3) is 5.91 Å². The van der Waals surface area contributed by atoms with Crippen LogP contribution in [0.15, 0.2) is 48.5 Å². The number of hydrogen-bond donors (Lipinski definition) is 4. The molecule has 0 aromatic heterocycles. The van der Waals surface area contributed by atoms with Crippen molar-refractivity contribution in [2.24, 2.45) is 22.7 Å². The average molecular weight is 709 g/mol. The van der Waals surface area contributed by atoms with Crippen LogP contribution in [0.4, 0.5) is 0 Å². The van der Waals surface area contributed by atoms with Crippen molar-refractivity contribution in [3.63, 3.8) is 0 Å². The molecule has 2 saturated heterocycles. The Morgan fingerprint density at radius 3 is 2.35 bits per heavy atom. The summed E-state index contributed by atoms with van der Waals surface area (Å²) in [6, 6.07) is 13.1. The van der Waals surface area contributed by atoms with Crippen LogP contribution in [0.2, 0.25) is 0 Å². The van der Waals surface area contributed by atoms with Crippen LogP contribution in [-0.2, 0) is 9.59 Å². The summed E-state index contributed by atoms with van der Waals surface area (Å²) in [6.45, 7) is 9.94. The van der Waals surface area contributed by atoms with Gasteiger partial charge in [-0.05, 0) is 66.0 Å². The van der Waals surface area contributed by atoms with E-state index in [1.54, 1.807) is 11.8 Å². The summed E-state index contributed by atoms with van der Waals surface area (Å²) in [4.78, 5) is 73.8. The van der Waals surface area contributed by atoms with Crippen LogP contribution < -0.4 is 20.7 Å². The minimum atomic E-state index is -1.11. The van der Waals surface area contributed by atoms with E-state index >= 15 is 4.79 Å². The predicted molar refractivity (Wildman–Crippen MR) is 196 cm³/mol. The summed E-state index contributed by atoms with van der Waals surface area (Å²) in [7, 11) is 1.44. The number of aliphatic hydroxyl groups is 1. The van der Waals surface area contributed by atoms with Crippen molar-refractivity contribution in [2.45, 2.75) is 65.1 Å². The van der Waals surface area contributed by atoms with E-state index in [-0.39, 0.29) is 58.6 Å². The molecule has 11 heteroatoms. The van der Waals surface area contributed by atoms with Crippen LogP contribution >= 0.6 is 0 Å². The number of amides is 2. The number of benzene rings is 3. The van der Waals surface area contributed by atoms with Crippen LogP contribution in [0, 0.1) is 22.7 Å². The summed E-state index contributed by atoms with van der Waals surface area (Å²) in [6.07, 6.45) is 0.904. The van der Waals surface area contributed by atoms with Crippen LogP contribution in [0.5, 0.6) is 5.75 Å². The van der Waals surface area contributed by atoms with Crippen molar-refractivity contribution in [3.05, 3.63) is 65.2 Å². The number of nitrogens with zero attached hydrogens (tertiary/aromatic N) is 1. The third-order valence-corrected chi connectivity index (χ3v) is 12.7. The Hall–Kier alpha value is -4.45. The third-order valence-electron chi connectivity index (χ3n) is 12.7. The Labute approximate surface area is 303 Å². The highest BCUT2D eigenvalue weighted by molar-refractivity contribution is 6.23. The van der Waals surface area contributed by atoms with E-state index in [1.807, 2.05) is 63.2 Å². The standard InChI is InChI=1S/C41H48N4O7/c1-22(44-38(50)30-19-26(46)21-43-30)34(47)32-27(35(48)33-29-12-13-41(4,37(33)49)40(29,2)3)20-28(39(51)45-16-14-42-15-17-45)36(52-5)31(32)25-11-10-23-8-6-7-9-24(23)18-25/h6-11,18,20,22,26,29-30,33,42-43,46H,12-17,19,21H2,1-5H3,(H,44,50)/t22-,26+,29?,30?,33?,41?/m0/s1. The first-order valence-corrected chi connectivity index (χ1v) is 18.4. The molecule has 7 rings (SSSR count). The summed E-state index contributed by atoms with van der Waals surface area (Å²) in [5.41, 5.74) is -0.216. The highest BCUT2D eigenvalue weighted by Crippen LogP contribution is 2.66. The van der Waals surface area contributed by atoms with Gasteiger partial charge in [0.1, 0.15) is 11.5 Å². The Bertz CT molecular complexity index is 1980. The van der Waals surface area contributed by atoms with Gasteiger partial charge in [-0.1, -0.05) is 57.2 Å². The zero-order valence-corrected chi connectivity index (χ0v) is 30.5. The van der Waals surface area contributed by atoms with Gasteiger partial charge in [0.15, 0.2) is 11.6 Å². The number of nitrogens with one attached hydrogen (secondary N) is 3. The SMILES string of the molecule is COc1c(C(=O)N2CCNCC2)cc(C(=O)C2C(=O)C3(C)CCC2C3(C)C)c(C(=O)[C@H](C)NC(=O)C2C[C@@H](O)CN2)c1-c1ccc2ccccc2c1. The molecule has 3 aromatic carbocycles. The van der Waals surface area contributed by atoms with E-state index in [1.165, 1.54) is 13.2 Å². The summed E-state index contributed by atoms with van der Waals surface area (Å²) in [5.74, 6) is -3.07. The van der Waals surface area contributed by atoms with Gasteiger partial charge >= 0.3 is 0 Å². The Balaban J connectivity index is 1.45. The average Bonchev–Trinajstić information content (AvgIpc) is 3.73. The molecule has 4 N–H and O–H groups in total. The van der Waals surface area contributed by atoms with E-state index in [4.69, 9.17) is 4.74 Å². The second-order valence-electron chi connectivity index (χ2n) is 15.7. The predicted octanol–water partition coefficient (Wildman–Crippen LogP) is 3.80. The number of fused-ring (bicyclic) bond motifs is 3. The molecule has 6 atom stereocenters. The number of aliphatic hydroxyl groups excluding tert-OH is 1. The number of ketones is 3. The van der Waals surface area contributed by atoms with Gasteiger partial charge in [-0.15, -0.1) is 0 Å². The van der Waals surface area contributed by atoms with Gasteiger partial charge in [-0.3, -0.25) is 24.0 Å². The highest BCUT2D eigenvalue weighted by Gasteiger charge is 2.68. The van der Waals surface area contributed by atoms with Crippen molar-refractivity contribution < 1.29 is 33.8 Å². The normalized spacial score (nSPS) is 27.1. The minimum absolute atomic E-state index is 0.000240. The third kappa shape index (κ3) is 5.74. The molecule has 52 heavy (non-hydrogen) atoms. The Morgan fingerprint density at radius 1 is 1.00 bits per heavy atom. The van der Waals surface area contributed by atoms with E-state index in [9.17, 15) is 24.3 Å². The van der Waals surface area contributed by atoms with E-state index in [2.05, 4.69) is 16.0 Å². The lowest BCUT2D eigenvalue weighted by molar-refractivity contribution is -0.130. The zero-order valence-electron chi connectivity index (χ0n) is 30.5. The van der Waals surface area contributed by atoms with Gasteiger partial charge in [0.2, 0.25) is 5.91 Å². The summed E-state index contributed by atoms with van der Waals surface area (Å²) >= 11 is 0. The van der Waals surface area contributed by atoms with E-state index in [0.29, 0.717) is 44.6 Å². The molecule has 4 fully saturated rings. The maximum atomic E-state index is 15.2. The molecule has 11 nitrogen and oxygen atoms in total. The Kier molecular flexibility index (Phi) is 9.34. The molecular weight excluding hydrogens is 660 g/mol.